The van der Waals surface area contributed by atoms with Crippen LogP contribution in [0.15, 0.2) is 41.6 Å². The van der Waals surface area contributed by atoms with Gasteiger partial charge in [0.1, 0.15) is 24.1 Å². The van der Waals surface area contributed by atoms with Gasteiger partial charge in [-0.25, -0.2) is 24.0 Å². The van der Waals surface area contributed by atoms with Crippen LogP contribution in [0.1, 0.15) is 0 Å². The van der Waals surface area contributed by atoms with Crippen molar-refractivity contribution in [2.24, 2.45) is 10.8 Å². The van der Waals surface area contributed by atoms with E-state index in [9.17, 15) is 14.0 Å². The number of carbonyl (C=O) groups excluding carboxylic acids is 2. The molecule has 3 heterocycles. The van der Waals surface area contributed by atoms with E-state index in [2.05, 4.69) is 10.1 Å². The molecule has 3 N–H and O–H groups in total. The maximum atomic E-state index is 14.7. The lowest BCUT2D eigenvalue weighted by Gasteiger charge is -2.26. The van der Waals surface area contributed by atoms with Crippen molar-refractivity contribution in [2.75, 3.05) is 36.0 Å². The zero-order valence-corrected chi connectivity index (χ0v) is 15.8. The molecule has 0 aliphatic carbocycles. The molecule has 0 bridgehead atoms. The summed E-state index contributed by atoms with van der Waals surface area (Å²) >= 11 is 0. The number of hydrogen-bond acceptors (Lipinski definition) is 7. The van der Waals surface area contributed by atoms with Crippen molar-refractivity contribution in [2.45, 2.75) is 6.10 Å². The van der Waals surface area contributed by atoms with Crippen LogP contribution in [0, 0.1) is 5.82 Å². The molecule has 2 aliphatic rings. The van der Waals surface area contributed by atoms with Crippen LogP contribution in [0.2, 0.25) is 0 Å². The number of hydrazone groups is 1. The Labute approximate surface area is 170 Å². The van der Waals surface area contributed by atoms with E-state index in [0.29, 0.717) is 35.7 Å². The molecule has 1 saturated heterocycles. The van der Waals surface area contributed by atoms with Crippen LogP contribution in [-0.4, -0.2) is 65.9 Å². The second-order valence-corrected chi connectivity index (χ2v) is 6.75. The largest absolute Gasteiger partial charge is 0.441 e. The van der Waals surface area contributed by atoms with Crippen LogP contribution in [-0.2, 0) is 4.74 Å². The zero-order valence-electron chi connectivity index (χ0n) is 15.8. The standard InChI is InChI=1S/C19H19FN6O4/c20-16-7-13(25-9-14(10-27)30-19(25)29)2-3-15(16)12-1-4-17(22-8-12)24-5-6-26(18(21)28)23-11-24/h1-4,7-8,11,14,27H,5-6,9-10H2,(H2,21,28)/t14-/m1/s1. The molecule has 2 aliphatic heterocycles. The highest BCUT2D eigenvalue weighted by molar-refractivity contribution is 5.90. The highest BCUT2D eigenvalue weighted by atomic mass is 19.1. The molecule has 0 spiro atoms. The summed E-state index contributed by atoms with van der Waals surface area (Å²) in [6.07, 6.45) is 1.75. The number of primary amides is 1. The number of urea groups is 1. The van der Waals surface area contributed by atoms with Gasteiger partial charge in [-0.3, -0.25) is 4.90 Å². The third-order valence-electron chi connectivity index (χ3n) is 4.83. The van der Waals surface area contributed by atoms with Crippen LogP contribution in [0.3, 0.4) is 0 Å². The number of aliphatic hydroxyl groups is 1. The topological polar surface area (TPSA) is 125 Å². The van der Waals surface area contributed by atoms with E-state index < -0.39 is 24.0 Å². The average Bonchev–Trinajstić information content (AvgIpc) is 3.15. The minimum Gasteiger partial charge on any atom is -0.441 e. The van der Waals surface area contributed by atoms with E-state index in [1.807, 2.05) is 0 Å². The SMILES string of the molecule is NC(=O)N1CCN(c2ccc(-c3ccc(N4C[C@H](CO)OC4=O)cc3F)cn2)C=N1. The molecular formula is C19H19FN6O4. The molecule has 10 nitrogen and oxygen atoms in total. The first-order chi connectivity index (χ1) is 14.5. The van der Waals surface area contributed by atoms with Crippen molar-refractivity contribution in [1.82, 2.24) is 9.99 Å². The number of hydrogen-bond donors (Lipinski definition) is 2. The summed E-state index contributed by atoms with van der Waals surface area (Å²) in [6, 6.07) is 7.25. The molecule has 0 saturated carbocycles. The Morgan fingerprint density at radius 3 is 2.70 bits per heavy atom. The number of aliphatic hydroxyl groups excluding tert-OH is 1. The van der Waals surface area contributed by atoms with Crippen LogP contribution in [0.25, 0.3) is 11.1 Å². The molecule has 156 valence electrons. The van der Waals surface area contributed by atoms with Crippen LogP contribution in [0.4, 0.5) is 25.5 Å². The molecule has 2 aromatic rings. The monoisotopic (exact) mass is 414 g/mol. The predicted octanol–water partition coefficient (Wildman–Crippen LogP) is 1.35. The molecule has 1 aromatic heterocycles. The number of nitrogens with zero attached hydrogens (tertiary/aromatic N) is 5. The van der Waals surface area contributed by atoms with Crippen molar-refractivity contribution >= 4 is 30.0 Å². The van der Waals surface area contributed by atoms with E-state index in [1.54, 1.807) is 29.2 Å². The maximum absolute atomic E-state index is 14.7. The zero-order chi connectivity index (χ0) is 21.3. The fourth-order valence-corrected chi connectivity index (χ4v) is 3.23. The van der Waals surface area contributed by atoms with Crippen LogP contribution in [0.5, 0.6) is 0 Å². The lowest BCUT2D eigenvalue weighted by Crippen LogP contribution is -2.43. The molecule has 30 heavy (non-hydrogen) atoms. The maximum Gasteiger partial charge on any atom is 0.414 e. The van der Waals surface area contributed by atoms with Crippen molar-refractivity contribution in [1.29, 1.82) is 0 Å². The number of carbonyl (C=O) groups is 2. The second-order valence-electron chi connectivity index (χ2n) is 6.75. The minimum absolute atomic E-state index is 0.162. The highest BCUT2D eigenvalue weighted by Gasteiger charge is 2.32. The molecular weight excluding hydrogens is 395 g/mol. The van der Waals surface area contributed by atoms with E-state index in [0.717, 1.165) is 5.01 Å². The smallest absolute Gasteiger partial charge is 0.414 e. The summed E-state index contributed by atoms with van der Waals surface area (Å²) in [5.41, 5.74) is 6.43. The van der Waals surface area contributed by atoms with E-state index in [-0.39, 0.29) is 13.2 Å². The van der Waals surface area contributed by atoms with Crippen molar-refractivity contribution in [3.8, 4) is 11.1 Å². The molecule has 0 radical (unpaired) electrons. The van der Waals surface area contributed by atoms with Gasteiger partial charge in [0.15, 0.2) is 0 Å². The van der Waals surface area contributed by atoms with Gasteiger partial charge in [-0.15, -0.1) is 0 Å². The Morgan fingerprint density at radius 2 is 2.13 bits per heavy atom. The Morgan fingerprint density at radius 1 is 1.30 bits per heavy atom. The third kappa shape index (κ3) is 3.74. The summed E-state index contributed by atoms with van der Waals surface area (Å²) in [7, 11) is 0. The van der Waals surface area contributed by atoms with Gasteiger partial charge in [0.05, 0.1) is 25.4 Å². The Hall–Kier alpha value is -3.73. The number of cyclic esters (lactones) is 1. The number of halogens is 1. The van der Waals surface area contributed by atoms with Crippen molar-refractivity contribution in [3.63, 3.8) is 0 Å². The molecule has 1 fully saturated rings. The van der Waals surface area contributed by atoms with Crippen LogP contribution >= 0.6 is 0 Å². The van der Waals surface area contributed by atoms with Gasteiger partial charge in [-0.2, -0.15) is 5.10 Å². The minimum atomic E-state index is -0.623. The molecule has 3 amide bonds. The van der Waals surface area contributed by atoms with E-state index in [4.69, 9.17) is 15.6 Å². The first kappa shape index (κ1) is 19.6. The molecule has 1 atom stereocenters. The summed E-state index contributed by atoms with van der Waals surface area (Å²) in [6.45, 7) is 0.683. The summed E-state index contributed by atoms with van der Waals surface area (Å²) in [4.78, 5) is 30.4. The van der Waals surface area contributed by atoms with E-state index >= 15 is 0 Å². The number of ether oxygens (including phenoxy) is 1. The number of pyridine rings is 1. The number of amides is 3. The summed E-state index contributed by atoms with van der Waals surface area (Å²) in [5.74, 6) is 0.0810. The number of benzene rings is 1. The van der Waals surface area contributed by atoms with Gasteiger partial charge in [-0.1, -0.05) is 0 Å². The second kappa shape index (κ2) is 7.95. The fraction of sp³-hybridized carbons (Fsp3) is 0.263. The fourth-order valence-electron chi connectivity index (χ4n) is 3.23. The molecule has 0 unspecified atom stereocenters. The van der Waals surface area contributed by atoms with Gasteiger partial charge in [0, 0.05) is 23.9 Å². The summed E-state index contributed by atoms with van der Waals surface area (Å²) < 4.78 is 19.7. The Balaban J connectivity index is 1.50. The van der Waals surface area contributed by atoms with Gasteiger partial charge in [0.2, 0.25) is 0 Å². The number of rotatable bonds is 4. The first-order valence-electron chi connectivity index (χ1n) is 9.19. The van der Waals surface area contributed by atoms with E-state index in [1.165, 1.54) is 23.5 Å². The molecule has 1 aromatic carbocycles. The average molecular weight is 414 g/mol. The normalized spacial score (nSPS) is 18.7. The number of aromatic nitrogens is 1. The number of anilines is 2. The third-order valence-corrected chi connectivity index (χ3v) is 4.83. The van der Waals surface area contributed by atoms with Gasteiger partial charge >= 0.3 is 12.1 Å². The first-order valence-corrected chi connectivity index (χ1v) is 9.19. The van der Waals surface area contributed by atoms with Crippen molar-refractivity contribution in [3.05, 3.63) is 42.3 Å². The highest BCUT2D eigenvalue weighted by Crippen LogP contribution is 2.29. The molecule has 4 rings (SSSR count). The van der Waals surface area contributed by atoms with Crippen molar-refractivity contribution < 1.29 is 23.8 Å². The number of nitrogens with two attached hydrogens (primary N) is 1. The Kier molecular flexibility index (Phi) is 5.19. The lowest BCUT2D eigenvalue weighted by atomic mass is 10.1. The van der Waals surface area contributed by atoms with Gasteiger partial charge in [0.25, 0.3) is 0 Å². The van der Waals surface area contributed by atoms with Crippen LogP contribution < -0.4 is 15.5 Å². The predicted molar refractivity (Wildman–Crippen MR) is 106 cm³/mol. The summed E-state index contributed by atoms with van der Waals surface area (Å²) in [5, 5.41) is 14.2. The molecule has 11 heteroatoms. The lowest BCUT2D eigenvalue weighted by molar-refractivity contribution is 0.0963. The quantitative estimate of drug-likeness (QED) is 0.778. The van der Waals surface area contributed by atoms with Gasteiger partial charge < -0.3 is 20.5 Å². The van der Waals surface area contributed by atoms with Gasteiger partial charge in [-0.05, 0) is 30.3 Å². The Bertz CT molecular complexity index is 999.